The van der Waals surface area contributed by atoms with E-state index in [0.29, 0.717) is 0 Å². The van der Waals surface area contributed by atoms with Crippen molar-refractivity contribution in [3.63, 3.8) is 0 Å². The minimum Gasteiger partial charge on any atom is -0.199 e. The Morgan fingerprint density at radius 3 is 1.12 bits per heavy atom. The van der Waals surface area contributed by atoms with Crippen LogP contribution >= 0.6 is 69.6 Å². The lowest BCUT2D eigenvalue weighted by Gasteiger charge is -2.38. The Morgan fingerprint density at radius 1 is 0.588 bits per heavy atom. The van der Waals surface area contributed by atoms with Gasteiger partial charge in [0.05, 0.1) is 19.9 Å². The van der Waals surface area contributed by atoms with Crippen molar-refractivity contribution in [2.24, 2.45) is 8.80 Å². The first-order chi connectivity index (χ1) is 15.5. The predicted molar refractivity (Wildman–Crippen MR) is 139 cm³/mol. The zero-order valence-corrected chi connectivity index (χ0v) is 23.4. The third kappa shape index (κ3) is 5.15. The molecule has 0 unspecified atom stereocenters. The van der Waals surface area contributed by atoms with E-state index in [1.54, 1.807) is 38.1 Å². The standard InChI is InChI=1S/C20H14Cl6N2O4S2/c1-11-3-7-13(8-4-11)33(29,30)27-17-15(21)16(22)18(20(25,26)19(17,23)24)28-34(31,32)14-9-5-12(2)6-10-14/h3-10H,1-2H3/b27-17-,28-18-. The van der Waals surface area contributed by atoms with Crippen LogP contribution in [-0.2, 0) is 20.0 Å². The van der Waals surface area contributed by atoms with Crippen molar-refractivity contribution >= 4 is 101 Å². The Kier molecular flexibility index (Phi) is 7.80. The van der Waals surface area contributed by atoms with Crippen LogP contribution in [0, 0.1) is 13.8 Å². The monoisotopic (exact) mass is 620 g/mol. The van der Waals surface area contributed by atoms with E-state index in [2.05, 4.69) is 8.80 Å². The van der Waals surface area contributed by atoms with Crippen LogP contribution in [0.2, 0.25) is 0 Å². The maximum atomic E-state index is 12.8. The number of rotatable bonds is 4. The molecular weight excluding hydrogens is 609 g/mol. The summed E-state index contributed by atoms with van der Waals surface area (Å²) < 4.78 is 53.5. The molecule has 0 amide bonds. The average molecular weight is 623 g/mol. The molecule has 0 aromatic heterocycles. The number of allylic oxidation sites excluding steroid dienone is 2. The van der Waals surface area contributed by atoms with E-state index in [1.165, 1.54) is 24.3 Å². The molecule has 14 heteroatoms. The molecule has 6 nitrogen and oxygen atoms in total. The highest BCUT2D eigenvalue weighted by atomic mass is 35.5. The normalized spacial score (nSPS) is 20.7. The summed E-state index contributed by atoms with van der Waals surface area (Å²) in [5.41, 5.74) is 0.232. The molecule has 1 aliphatic carbocycles. The Bertz CT molecular complexity index is 1330. The Hall–Kier alpha value is -0.840. The van der Waals surface area contributed by atoms with Gasteiger partial charge in [-0.1, -0.05) is 105 Å². The van der Waals surface area contributed by atoms with E-state index >= 15 is 0 Å². The lowest BCUT2D eigenvalue weighted by molar-refractivity contribution is 0.595. The second-order valence-electron chi connectivity index (χ2n) is 7.23. The van der Waals surface area contributed by atoms with Crippen LogP contribution in [0.25, 0.3) is 0 Å². The fraction of sp³-hybridized carbons (Fsp3) is 0.200. The summed E-state index contributed by atoms with van der Waals surface area (Å²) in [6, 6.07) is 11.5. The summed E-state index contributed by atoms with van der Waals surface area (Å²) >= 11 is 37.9. The molecular formula is C20H14Cl6N2O4S2. The highest BCUT2D eigenvalue weighted by Gasteiger charge is 2.61. The molecule has 0 radical (unpaired) electrons. The Morgan fingerprint density at radius 2 is 0.853 bits per heavy atom. The zero-order valence-electron chi connectivity index (χ0n) is 17.2. The molecule has 0 spiro atoms. The van der Waals surface area contributed by atoms with Gasteiger partial charge in [0.25, 0.3) is 20.0 Å². The number of hydrogen-bond acceptors (Lipinski definition) is 4. The molecule has 2 aromatic carbocycles. The van der Waals surface area contributed by atoms with Gasteiger partial charge in [0.15, 0.2) is 0 Å². The molecule has 0 bridgehead atoms. The van der Waals surface area contributed by atoms with Crippen molar-refractivity contribution in [2.45, 2.75) is 32.3 Å². The summed E-state index contributed by atoms with van der Waals surface area (Å²) in [6.45, 7) is 3.54. The molecule has 3 rings (SSSR count). The van der Waals surface area contributed by atoms with E-state index in [1.807, 2.05) is 0 Å². The maximum Gasteiger partial charge on any atom is 0.282 e. The quantitative estimate of drug-likeness (QED) is 0.373. The third-order valence-electron chi connectivity index (χ3n) is 4.66. The smallest absolute Gasteiger partial charge is 0.199 e. The van der Waals surface area contributed by atoms with Gasteiger partial charge in [0, 0.05) is 0 Å². The molecule has 0 N–H and O–H groups in total. The Labute approximate surface area is 227 Å². The Balaban J connectivity index is 2.22. The number of aryl methyl sites for hydroxylation is 2. The lowest BCUT2D eigenvalue weighted by atomic mass is 10.0. The molecule has 0 saturated carbocycles. The minimum atomic E-state index is -4.39. The van der Waals surface area contributed by atoms with E-state index in [9.17, 15) is 16.8 Å². The van der Waals surface area contributed by atoms with Crippen molar-refractivity contribution in [3.05, 3.63) is 69.7 Å². The zero-order chi connectivity index (χ0) is 25.7. The summed E-state index contributed by atoms with van der Waals surface area (Å²) in [5, 5.41) is -1.17. The van der Waals surface area contributed by atoms with Gasteiger partial charge in [-0.15, -0.1) is 0 Å². The SMILES string of the molecule is Cc1ccc(S(=O)(=O)/N=C2C(Cl)=C(Cl)/C(=N/S(=O)(=O)c3ccc(C)cc3)C(Cl)(Cl)C/2(Cl)Cl)cc1. The highest BCUT2D eigenvalue weighted by Crippen LogP contribution is 2.53. The number of nitrogens with zero attached hydrogens (tertiary/aromatic N) is 2. The summed E-state index contributed by atoms with van der Waals surface area (Å²) in [7, 11) is -8.78. The van der Waals surface area contributed by atoms with Crippen LogP contribution in [0.4, 0.5) is 0 Å². The van der Waals surface area contributed by atoms with Crippen LogP contribution in [-0.4, -0.2) is 36.9 Å². The fourth-order valence-corrected chi connectivity index (χ4v) is 6.80. The number of sulfonamides is 2. The first kappa shape index (κ1) is 27.7. The average Bonchev–Trinajstić information content (AvgIpc) is 2.74. The van der Waals surface area contributed by atoms with Crippen molar-refractivity contribution in [1.82, 2.24) is 0 Å². The molecule has 0 atom stereocenters. The highest BCUT2D eigenvalue weighted by molar-refractivity contribution is 7.90. The van der Waals surface area contributed by atoms with Gasteiger partial charge in [-0.3, -0.25) is 0 Å². The minimum absolute atomic E-state index is 0.188. The number of hydrogen-bond donors (Lipinski definition) is 0. The predicted octanol–water partition coefficient (Wildman–Crippen LogP) is 6.31. The number of alkyl halides is 4. The van der Waals surface area contributed by atoms with Crippen molar-refractivity contribution in [1.29, 1.82) is 0 Å². The first-order valence-corrected chi connectivity index (χ1v) is 14.3. The molecule has 1 aliphatic rings. The summed E-state index contributed by atoms with van der Waals surface area (Å²) in [4.78, 5) is -0.377. The fourth-order valence-electron chi connectivity index (χ4n) is 2.74. The number of benzene rings is 2. The van der Waals surface area contributed by atoms with Crippen LogP contribution < -0.4 is 0 Å². The molecule has 2 aromatic rings. The van der Waals surface area contributed by atoms with Crippen LogP contribution in [0.3, 0.4) is 0 Å². The number of halogens is 6. The van der Waals surface area contributed by atoms with E-state index in [-0.39, 0.29) is 9.79 Å². The van der Waals surface area contributed by atoms with Gasteiger partial charge in [0.1, 0.15) is 11.4 Å². The van der Waals surface area contributed by atoms with Gasteiger partial charge >= 0.3 is 0 Å². The summed E-state index contributed by atoms with van der Waals surface area (Å²) in [6.07, 6.45) is 0. The second kappa shape index (κ2) is 9.56. The maximum absolute atomic E-state index is 12.8. The summed E-state index contributed by atoms with van der Waals surface area (Å²) in [5.74, 6) is 0. The largest absolute Gasteiger partial charge is 0.282 e. The van der Waals surface area contributed by atoms with Gasteiger partial charge in [0.2, 0.25) is 8.67 Å². The van der Waals surface area contributed by atoms with Gasteiger partial charge in [-0.05, 0) is 38.1 Å². The molecule has 0 heterocycles. The molecule has 0 aliphatic heterocycles. The van der Waals surface area contributed by atoms with Crippen molar-refractivity contribution in [3.8, 4) is 0 Å². The molecule has 182 valence electrons. The van der Waals surface area contributed by atoms with Gasteiger partial charge in [-0.2, -0.15) is 25.6 Å². The molecule has 0 saturated heterocycles. The molecule has 0 fully saturated rings. The van der Waals surface area contributed by atoms with Crippen molar-refractivity contribution < 1.29 is 16.8 Å². The van der Waals surface area contributed by atoms with E-state index < -0.39 is 50.2 Å². The third-order valence-corrected chi connectivity index (χ3v) is 10.3. The molecule has 34 heavy (non-hydrogen) atoms. The van der Waals surface area contributed by atoms with E-state index in [0.717, 1.165) is 11.1 Å². The van der Waals surface area contributed by atoms with Crippen molar-refractivity contribution in [2.75, 3.05) is 0 Å². The van der Waals surface area contributed by atoms with Crippen LogP contribution in [0.15, 0.2) is 77.2 Å². The van der Waals surface area contributed by atoms with Gasteiger partial charge in [-0.25, -0.2) is 0 Å². The van der Waals surface area contributed by atoms with Crippen LogP contribution in [0.5, 0.6) is 0 Å². The lowest BCUT2D eigenvalue weighted by Crippen LogP contribution is -2.53. The topological polar surface area (TPSA) is 93.0 Å². The first-order valence-electron chi connectivity index (χ1n) is 9.16. The second-order valence-corrected chi connectivity index (χ2v) is 13.9. The van der Waals surface area contributed by atoms with Gasteiger partial charge < -0.3 is 0 Å². The van der Waals surface area contributed by atoms with E-state index in [4.69, 9.17) is 69.6 Å². The van der Waals surface area contributed by atoms with Crippen LogP contribution in [0.1, 0.15) is 11.1 Å².